The zero-order chi connectivity index (χ0) is 20.1. The highest BCUT2D eigenvalue weighted by molar-refractivity contribution is 7.90. The van der Waals surface area contributed by atoms with Gasteiger partial charge >= 0.3 is 0 Å². The number of ether oxygens (including phenoxy) is 2. The first-order valence-electron chi connectivity index (χ1n) is 9.87. The molecule has 1 saturated heterocycles. The Kier molecular flexibility index (Phi) is 6.75. The number of benzene rings is 2. The van der Waals surface area contributed by atoms with E-state index in [4.69, 9.17) is 9.47 Å². The molecule has 2 aromatic carbocycles. The maximum Gasteiger partial charge on any atom is 0.214 e. The van der Waals surface area contributed by atoms with Crippen molar-refractivity contribution >= 4 is 10.0 Å². The molecule has 28 heavy (non-hydrogen) atoms. The van der Waals surface area contributed by atoms with E-state index in [1.165, 1.54) is 0 Å². The largest absolute Gasteiger partial charge is 0.493 e. The molecule has 1 fully saturated rings. The van der Waals surface area contributed by atoms with Crippen molar-refractivity contribution in [2.24, 2.45) is 0 Å². The summed E-state index contributed by atoms with van der Waals surface area (Å²) >= 11 is 0. The van der Waals surface area contributed by atoms with Crippen LogP contribution in [0.1, 0.15) is 45.3 Å². The van der Waals surface area contributed by atoms with E-state index >= 15 is 0 Å². The van der Waals surface area contributed by atoms with Gasteiger partial charge < -0.3 is 9.47 Å². The predicted octanol–water partition coefficient (Wildman–Crippen LogP) is 4.30. The summed E-state index contributed by atoms with van der Waals surface area (Å²) in [4.78, 5) is 0. The summed E-state index contributed by atoms with van der Waals surface area (Å²) in [7, 11) is -3.35. The summed E-state index contributed by atoms with van der Waals surface area (Å²) < 4.78 is 39.2. The number of nitrogens with one attached hydrogen (secondary N) is 1. The molecule has 0 radical (unpaired) electrons. The molecule has 0 bridgehead atoms. The van der Waals surface area contributed by atoms with Gasteiger partial charge in [0, 0.05) is 12.2 Å². The fourth-order valence-electron chi connectivity index (χ4n) is 3.42. The SMILES string of the molecule is CCOc1ccccc1-c1ccc([C@H]2OCCC[C@@H]2NS(=O)(=O)C(C)C)cc1. The van der Waals surface area contributed by atoms with E-state index in [-0.39, 0.29) is 12.1 Å². The molecule has 0 aromatic heterocycles. The highest BCUT2D eigenvalue weighted by Crippen LogP contribution is 2.33. The first-order chi connectivity index (χ1) is 13.4. The minimum absolute atomic E-state index is 0.247. The van der Waals surface area contributed by atoms with E-state index in [2.05, 4.69) is 4.72 Å². The Morgan fingerprint density at radius 2 is 1.86 bits per heavy atom. The molecule has 1 heterocycles. The Hall–Kier alpha value is -1.89. The number of hydrogen-bond donors (Lipinski definition) is 1. The van der Waals surface area contributed by atoms with Gasteiger partial charge in [-0.15, -0.1) is 0 Å². The Bertz CT molecular complexity index is 878. The molecule has 0 saturated carbocycles. The number of rotatable bonds is 7. The molecule has 0 amide bonds. The van der Waals surface area contributed by atoms with Crippen LogP contribution in [0.15, 0.2) is 48.5 Å². The Labute approximate surface area is 168 Å². The second-order valence-corrected chi connectivity index (χ2v) is 9.57. The molecule has 3 rings (SSSR count). The minimum atomic E-state index is -3.35. The second-order valence-electron chi connectivity index (χ2n) is 7.30. The van der Waals surface area contributed by atoms with Crippen LogP contribution in [0.25, 0.3) is 11.1 Å². The van der Waals surface area contributed by atoms with Crippen LogP contribution in [0, 0.1) is 0 Å². The van der Waals surface area contributed by atoms with Gasteiger partial charge in [0.05, 0.1) is 24.0 Å². The highest BCUT2D eigenvalue weighted by atomic mass is 32.2. The predicted molar refractivity (Wildman–Crippen MR) is 112 cm³/mol. The fourth-order valence-corrected chi connectivity index (χ4v) is 4.35. The van der Waals surface area contributed by atoms with Gasteiger partial charge in [0.15, 0.2) is 0 Å². The van der Waals surface area contributed by atoms with Gasteiger partial charge in [-0.05, 0) is 50.8 Å². The molecule has 1 aliphatic heterocycles. The fraction of sp³-hybridized carbons (Fsp3) is 0.455. The number of para-hydroxylation sites is 1. The standard InChI is InChI=1S/C22H29NO4S/c1-4-26-21-10-6-5-8-19(21)17-11-13-18(14-12-17)22-20(9-7-15-27-22)23-28(24,25)16(2)3/h5-6,8,10-14,16,20,22-23H,4,7,9,15H2,1-3H3/t20-,22+/m0/s1. The van der Waals surface area contributed by atoms with Gasteiger partial charge in [-0.2, -0.15) is 0 Å². The lowest BCUT2D eigenvalue weighted by Gasteiger charge is -2.33. The van der Waals surface area contributed by atoms with Crippen LogP contribution < -0.4 is 9.46 Å². The van der Waals surface area contributed by atoms with Crippen molar-refractivity contribution in [2.75, 3.05) is 13.2 Å². The van der Waals surface area contributed by atoms with Crippen molar-refractivity contribution in [1.82, 2.24) is 4.72 Å². The molecule has 0 spiro atoms. The second kappa shape index (κ2) is 9.07. The lowest BCUT2D eigenvalue weighted by molar-refractivity contribution is -0.00446. The Balaban J connectivity index is 1.83. The monoisotopic (exact) mass is 403 g/mol. The highest BCUT2D eigenvalue weighted by Gasteiger charge is 2.31. The normalized spacial score (nSPS) is 20.3. The zero-order valence-electron chi connectivity index (χ0n) is 16.7. The molecule has 2 aromatic rings. The summed E-state index contributed by atoms with van der Waals surface area (Å²) in [5, 5.41) is -0.465. The lowest BCUT2D eigenvalue weighted by Crippen LogP contribution is -2.45. The topological polar surface area (TPSA) is 64.6 Å². The summed E-state index contributed by atoms with van der Waals surface area (Å²) in [6.07, 6.45) is 1.34. The molecule has 5 nitrogen and oxygen atoms in total. The van der Waals surface area contributed by atoms with E-state index in [1.807, 2.05) is 55.5 Å². The van der Waals surface area contributed by atoms with Crippen LogP contribution in [0.4, 0.5) is 0 Å². The van der Waals surface area contributed by atoms with Crippen LogP contribution >= 0.6 is 0 Å². The van der Waals surface area contributed by atoms with Crippen LogP contribution in [-0.4, -0.2) is 32.9 Å². The molecule has 0 aliphatic carbocycles. The molecule has 1 N–H and O–H groups in total. The van der Waals surface area contributed by atoms with Crippen molar-refractivity contribution in [3.05, 3.63) is 54.1 Å². The summed E-state index contributed by atoms with van der Waals surface area (Å²) in [6.45, 7) is 6.60. The third-order valence-electron chi connectivity index (χ3n) is 5.00. The van der Waals surface area contributed by atoms with E-state index in [9.17, 15) is 8.42 Å². The maximum atomic E-state index is 12.3. The molecule has 0 unspecified atom stereocenters. The molecule has 152 valence electrons. The third-order valence-corrected chi connectivity index (χ3v) is 6.87. The van der Waals surface area contributed by atoms with Crippen LogP contribution in [0.3, 0.4) is 0 Å². The summed E-state index contributed by atoms with van der Waals surface area (Å²) in [5.41, 5.74) is 3.08. The zero-order valence-corrected chi connectivity index (χ0v) is 17.5. The number of hydrogen-bond acceptors (Lipinski definition) is 4. The molecule has 6 heteroatoms. The lowest BCUT2D eigenvalue weighted by atomic mass is 9.95. The molecular weight excluding hydrogens is 374 g/mol. The smallest absolute Gasteiger partial charge is 0.214 e. The van der Waals surface area contributed by atoms with Crippen LogP contribution in [0.2, 0.25) is 0 Å². The van der Waals surface area contributed by atoms with E-state index in [1.54, 1.807) is 13.8 Å². The average molecular weight is 404 g/mol. The van der Waals surface area contributed by atoms with Crippen LogP contribution in [-0.2, 0) is 14.8 Å². The van der Waals surface area contributed by atoms with Crippen molar-refractivity contribution < 1.29 is 17.9 Å². The molecular formula is C22H29NO4S. The van der Waals surface area contributed by atoms with Gasteiger partial charge in [-0.25, -0.2) is 13.1 Å². The van der Waals surface area contributed by atoms with Crippen molar-refractivity contribution in [3.63, 3.8) is 0 Å². The minimum Gasteiger partial charge on any atom is -0.493 e. The van der Waals surface area contributed by atoms with E-state index in [0.29, 0.717) is 13.2 Å². The van der Waals surface area contributed by atoms with Gasteiger partial charge in [-0.3, -0.25) is 0 Å². The van der Waals surface area contributed by atoms with Gasteiger partial charge in [0.25, 0.3) is 0 Å². The van der Waals surface area contributed by atoms with Crippen molar-refractivity contribution in [3.8, 4) is 16.9 Å². The van der Waals surface area contributed by atoms with Gasteiger partial charge in [-0.1, -0.05) is 42.5 Å². The summed E-state index contributed by atoms with van der Waals surface area (Å²) in [6, 6.07) is 15.8. The Morgan fingerprint density at radius 3 is 2.54 bits per heavy atom. The maximum absolute atomic E-state index is 12.3. The first-order valence-corrected chi connectivity index (χ1v) is 11.4. The third kappa shape index (κ3) is 4.74. The summed E-state index contributed by atoms with van der Waals surface area (Å²) in [5.74, 6) is 0.856. The number of sulfonamides is 1. The Morgan fingerprint density at radius 1 is 1.14 bits per heavy atom. The van der Waals surface area contributed by atoms with E-state index < -0.39 is 15.3 Å². The average Bonchev–Trinajstić information content (AvgIpc) is 2.69. The van der Waals surface area contributed by atoms with Crippen LogP contribution in [0.5, 0.6) is 5.75 Å². The van der Waals surface area contributed by atoms with Gasteiger partial charge in [0.2, 0.25) is 10.0 Å². The van der Waals surface area contributed by atoms with E-state index in [0.717, 1.165) is 35.3 Å². The first kappa shape index (κ1) is 20.8. The molecule has 1 aliphatic rings. The molecule has 2 atom stereocenters. The van der Waals surface area contributed by atoms with Crippen molar-refractivity contribution in [2.45, 2.75) is 51.0 Å². The quantitative estimate of drug-likeness (QED) is 0.749. The van der Waals surface area contributed by atoms with Crippen molar-refractivity contribution in [1.29, 1.82) is 0 Å². The van der Waals surface area contributed by atoms with Gasteiger partial charge in [0.1, 0.15) is 5.75 Å².